The minimum absolute atomic E-state index is 0.0140. The first-order chi connectivity index (χ1) is 25.2. The Morgan fingerprint density at radius 2 is 1.25 bits per heavy atom. The van der Waals surface area contributed by atoms with Crippen molar-refractivity contribution in [3.05, 3.63) is 125 Å². The van der Waals surface area contributed by atoms with Gasteiger partial charge in [-0.05, 0) is 79.9 Å². The number of rotatable bonds is 4. The van der Waals surface area contributed by atoms with Crippen molar-refractivity contribution in [2.24, 2.45) is 0 Å². The second-order valence-electron chi connectivity index (χ2n) is 12.3. The molecule has 3 heterocycles. The number of ether oxygens (including phenoxy) is 2. The third-order valence-electron chi connectivity index (χ3n) is 8.85. The zero-order valence-electron chi connectivity index (χ0n) is 28.5. The summed E-state index contributed by atoms with van der Waals surface area (Å²) in [5.74, 6) is 0.233. The fraction of sp³-hybridized carbons (Fsp3) is 0.179. The summed E-state index contributed by atoms with van der Waals surface area (Å²) in [7, 11) is 2.91. The summed E-state index contributed by atoms with van der Waals surface area (Å²) in [6.07, 6.45) is -9.14. The molecule has 0 atom stereocenters. The maximum atomic E-state index is 14.7. The Morgan fingerprint density at radius 1 is 0.660 bits per heavy atom. The van der Waals surface area contributed by atoms with Gasteiger partial charge in [-0.15, -0.1) is 11.8 Å². The molecular weight excluding hydrogens is 722 g/mol. The number of alkyl halides is 6. The molecule has 0 radical (unpaired) electrons. The van der Waals surface area contributed by atoms with Crippen LogP contribution in [0, 0.1) is 19.7 Å². The van der Waals surface area contributed by atoms with Crippen molar-refractivity contribution in [3.8, 4) is 34.1 Å². The van der Waals surface area contributed by atoms with E-state index in [0.717, 1.165) is 28.3 Å². The number of benzene rings is 5. The molecule has 2 aromatic heterocycles. The first-order valence-electron chi connectivity index (χ1n) is 16.1. The summed E-state index contributed by atoms with van der Waals surface area (Å²) in [6, 6.07) is 25.7. The van der Waals surface area contributed by atoms with E-state index in [1.807, 2.05) is 26.0 Å². The van der Waals surface area contributed by atoms with Gasteiger partial charge in [0.05, 0.1) is 41.7 Å². The third-order valence-corrected chi connectivity index (χ3v) is 9.95. The average molecular weight is 751 g/mol. The maximum Gasteiger partial charge on any atom is 0.436 e. The Morgan fingerprint density at radius 3 is 1.83 bits per heavy atom. The van der Waals surface area contributed by atoms with Gasteiger partial charge in [0.15, 0.2) is 23.0 Å². The van der Waals surface area contributed by atoms with Gasteiger partial charge >= 0.3 is 12.4 Å². The van der Waals surface area contributed by atoms with Crippen LogP contribution >= 0.6 is 11.8 Å². The zero-order chi connectivity index (χ0) is 37.8. The fourth-order valence-corrected chi connectivity index (χ4v) is 7.42. The number of aromatic nitrogens is 4. The van der Waals surface area contributed by atoms with E-state index in [4.69, 9.17) is 9.47 Å². The van der Waals surface area contributed by atoms with Crippen molar-refractivity contribution < 1.29 is 40.2 Å². The minimum atomic E-state index is -4.60. The number of thioether (sulfide) groups is 1. The normalized spacial score (nSPS) is 12.7. The van der Waals surface area contributed by atoms with E-state index in [-0.39, 0.29) is 27.5 Å². The van der Waals surface area contributed by atoms with Gasteiger partial charge in [0.1, 0.15) is 5.75 Å². The van der Waals surface area contributed by atoms with Crippen molar-refractivity contribution in [1.82, 2.24) is 19.6 Å². The summed E-state index contributed by atoms with van der Waals surface area (Å²) >= 11 is 0.938. The van der Waals surface area contributed by atoms with Gasteiger partial charge in [0.2, 0.25) is 0 Å². The fourth-order valence-electron chi connectivity index (χ4n) is 6.22. The SMILES string of the molecule is COc1ccc2c(c1F)CSc1c(C(F)(F)F)nn(-c3ccc(C)cc3)c1-2.COc1ccc2c(ccc3c(C(F)(F)F)nn(-c4ccc(C)cc4)c32)c1. The largest absolute Gasteiger partial charge is 0.497 e. The summed E-state index contributed by atoms with van der Waals surface area (Å²) in [5.41, 5.74) is 2.61. The van der Waals surface area contributed by atoms with E-state index in [2.05, 4.69) is 10.2 Å². The molecule has 8 rings (SSSR count). The van der Waals surface area contributed by atoms with Crippen LogP contribution in [-0.4, -0.2) is 33.8 Å². The van der Waals surface area contributed by atoms with Gasteiger partial charge in [-0.3, -0.25) is 0 Å². The predicted molar refractivity (Wildman–Crippen MR) is 190 cm³/mol. The number of fused-ring (bicyclic) bond motifs is 6. The van der Waals surface area contributed by atoms with Crippen LogP contribution in [0.25, 0.3) is 44.3 Å². The molecule has 5 aromatic carbocycles. The third kappa shape index (κ3) is 6.56. The van der Waals surface area contributed by atoms with Crippen LogP contribution in [0.2, 0.25) is 0 Å². The van der Waals surface area contributed by atoms with Gasteiger partial charge in [0.25, 0.3) is 0 Å². The van der Waals surface area contributed by atoms with Crippen molar-refractivity contribution in [3.63, 3.8) is 0 Å². The lowest BCUT2D eigenvalue weighted by Crippen LogP contribution is -2.08. The Kier molecular flexibility index (Phi) is 9.13. The highest BCUT2D eigenvalue weighted by molar-refractivity contribution is 7.98. The molecule has 0 unspecified atom stereocenters. The van der Waals surface area contributed by atoms with Gasteiger partial charge in [-0.1, -0.05) is 41.5 Å². The lowest BCUT2D eigenvalue weighted by Gasteiger charge is -2.20. The van der Waals surface area contributed by atoms with Crippen LogP contribution < -0.4 is 9.47 Å². The summed E-state index contributed by atoms with van der Waals surface area (Å²) < 4.78 is 109. The number of hydrogen-bond acceptors (Lipinski definition) is 5. The van der Waals surface area contributed by atoms with Crippen molar-refractivity contribution >= 4 is 33.4 Å². The quantitative estimate of drug-likeness (QED) is 0.168. The number of hydrogen-bond donors (Lipinski definition) is 0. The van der Waals surface area contributed by atoms with E-state index in [9.17, 15) is 30.7 Å². The molecule has 53 heavy (non-hydrogen) atoms. The molecule has 1 aliphatic rings. The second-order valence-corrected chi connectivity index (χ2v) is 13.3. The van der Waals surface area contributed by atoms with Crippen LogP contribution in [-0.2, 0) is 18.1 Å². The number of methoxy groups -OCH3 is 2. The average Bonchev–Trinajstić information content (AvgIpc) is 3.73. The molecule has 0 aliphatic carbocycles. The molecule has 0 bridgehead atoms. The molecular formula is C39H29F7N4O2S. The minimum Gasteiger partial charge on any atom is -0.497 e. The van der Waals surface area contributed by atoms with E-state index in [0.29, 0.717) is 39.2 Å². The van der Waals surface area contributed by atoms with E-state index in [1.165, 1.54) is 28.6 Å². The van der Waals surface area contributed by atoms with Gasteiger partial charge in [-0.2, -0.15) is 36.5 Å². The van der Waals surface area contributed by atoms with Crippen LogP contribution in [0.5, 0.6) is 11.5 Å². The van der Waals surface area contributed by atoms with Gasteiger partial charge in [0, 0.05) is 27.7 Å². The zero-order valence-corrected chi connectivity index (χ0v) is 29.3. The highest BCUT2D eigenvalue weighted by atomic mass is 32.2. The molecule has 0 saturated heterocycles. The van der Waals surface area contributed by atoms with E-state index < -0.39 is 29.6 Å². The van der Waals surface area contributed by atoms with Crippen molar-refractivity contribution in [1.29, 1.82) is 0 Å². The number of halogens is 7. The molecule has 0 amide bonds. The smallest absolute Gasteiger partial charge is 0.436 e. The predicted octanol–water partition coefficient (Wildman–Crippen LogP) is 11.1. The van der Waals surface area contributed by atoms with E-state index >= 15 is 0 Å². The van der Waals surface area contributed by atoms with Crippen LogP contribution in [0.15, 0.2) is 95.9 Å². The monoisotopic (exact) mass is 750 g/mol. The summed E-state index contributed by atoms with van der Waals surface area (Å²) in [4.78, 5) is 0.0140. The van der Waals surface area contributed by atoms with Gasteiger partial charge < -0.3 is 9.47 Å². The molecule has 1 aliphatic heterocycles. The molecule has 0 N–H and O–H groups in total. The Balaban J connectivity index is 0.000000164. The lowest BCUT2D eigenvalue weighted by molar-refractivity contribution is -0.143. The first kappa shape index (κ1) is 35.9. The Hall–Kier alpha value is -5.50. The topological polar surface area (TPSA) is 54.1 Å². The van der Waals surface area contributed by atoms with Crippen molar-refractivity contribution in [2.75, 3.05) is 14.2 Å². The highest BCUT2D eigenvalue weighted by Crippen LogP contribution is 2.50. The molecule has 0 saturated carbocycles. The van der Waals surface area contributed by atoms with E-state index in [1.54, 1.807) is 73.8 Å². The molecule has 7 aromatic rings. The molecule has 0 fully saturated rings. The highest BCUT2D eigenvalue weighted by Gasteiger charge is 2.42. The number of aryl methyl sites for hydroxylation is 2. The Labute approximate surface area is 302 Å². The van der Waals surface area contributed by atoms with Crippen LogP contribution in [0.3, 0.4) is 0 Å². The molecule has 14 heteroatoms. The molecule has 0 spiro atoms. The maximum absolute atomic E-state index is 14.7. The first-order valence-corrected chi connectivity index (χ1v) is 17.1. The van der Waals surface area contributed by atoms with Crippen LogP contribution in [0.1, 0.15) is 28.1 Å². The van der Waals surface area contributed by atoms with Crippen LogP contribution in [0.4, 0.5) is 30.7 Å². The van der Waals surface area contributed by atoms with Crippen molar-refractivity contribution in [2.45, 2.75) is 36.8 Å². The second kappa shape index (κ2) is 13.5. The van der Waals surface area contributed by atoms with Gasteiger partial charge in [-0.25, -0.2) is 13.8 Å². The number of nitrogens with zero attached hydrogens (tertiary/aromatic N) is 4. The Bertz CT molecular complexity index is 2490. The lowest BCUT2D eigenvalue weighted by atomic mass is 10.0. The molecule has 272 valence electrons. The standard InChI is InChI=1S/C20H15F3N2O.C19H14F4N2OS/c1-12-3-6-14(7-4-12)25-18-16-10-8-15(26-2)11-13(16)5-9-17(18)19(24-25)20(21,22)23;1-10-3-5-11(6-4-10)25-16-12-7-8-14(26-2)15(20)13(12)9-27-17(16)18(24-25)19(21,22)23/h3-11H,1-2H3;3-8H,9H2,1-2H3. The molecule has 6 nitrogen and oxygen atoms in total. The summed E-state index contributed by atoms with van der Waals surface area (Å²) in [5, 5.41) is 9.32. The summed E-state index contributed by atoms with van der Waals surface area (Å²) in [6.45, 7) is 3.81.